The number of allylic oxidation sites excluding steroid dienone is 1. The van der Waals surface area contributed by atoms with Gasteiger partial charge in [0.15, 0.2) is 14.1 Å². The van der Waals surface area contributed by atoms with Crippen molar-refractivity contribution in [1.82, 2.24) is 0 Å². The molecular weight excluding hydrogens is 316 g/mol. The lowest BCUT2D eigenvalue weighted by Gasteiger charge is -2.50. The van der Waals surface area contributed by atoms with Gasteiger partial charge in [-0.2, -0.15) is 0 Å². The van der Waals surface area contributed by atoms with Crippen LogP contribution in [0.3, 0.4) is 0 Å². The van der Waals surface area contributed by atoms with Crippen molar-refractivity contribution in [1.29, 1.82) is 0 Å². The molecule has 4 aliphatic rings. The largest absolute Gasteiger partial charge is 0.413 e. The van der Waals surface area contributed by atoms with E-state index < -0.39 is 13.9 Å². The molecule has 2 saturated carbocycles. The molecule has 2 fully saturated rings. The molecule has 4 aliphatic carbocycles. The number of rotatable bonds is 2. The lowest BCUT2D eigenvalue weighted by molar-refractivity contribution is -0.116. The zero-order valence-electron chi connectivity index (χ0n) is 15.9. The van der Waals surface area contributed by atoms with Crippen molar-refractivity contribution in [3.05, 3.63) is 11.1 Å². The molecule has 0 amide bonds. The van der Waals surface area contributed by atoms with Gasteiger partial charge in [-0.05, 0) is 73.7 Å². The van der Waals surface area contributed by atoms with Crippen molar-refractivity contribution in [3.8, 4) is 0 Å². The fraction of sp³-hybridized carbons (Fsp3) is 0.850. The molecule has 0 saturated heterocycles. The number of carbonyl (C=O) groups excluding carboxylic acids is 1. The summed E-state index contributed by atoms with van der Waals surface area (Å²) >= 11 is 0. The Morgan fingerprint density at radius 1 is 1.17 bits per heavy atom. The third kappa shape index (κ3) is 1.94. The van der Waals surface area contributed by atoms with Crippen LogP contribution < -0.4 is 0 Å². The van der Waals surface area contributed by atoms with Crippen molar-refractivity contribution in [3.63, 3.8) is 0 Å². The Labute approximate surface area is 147 Å². The molecule has 1 N–H and O–H groups in total. The van der Waals surface area contributed by atoms with Crippen molar-refractivity contribution in [2.75, 3.05) is 0 Å². The number of hydrogen-bond donors (Lipinski definition) is 1. The summed E-state index contributed by atoms with van der Waals surface area (Å²) in [6, 6.07) is 0. The summed E-state index contributed by atoms with van der Waals surface area (Å²) in [6.45, 7) is 11.5. The fourth-order valence-corrected chi connectivity index (χ4v) is 7.25. The third-order valence-corrected chi connectivity index (χ3v) is 12.6. The maximum atomic E-state index is 12.5. The molecule has 0 unspecified atom stereocenters. The summed E-state index contributed by atoms with van der Waals surface area (Å²) in [4.78, 5) is 12.5. The van der Waals surface area contributed by atoms with Crippen LogP contribution in [0.15, 0.2) is 11.1 Å². The van der Waals surface area contributed by atoms with Crippen LogP contribution in [0.25, 0.3) is 0 Å². The Bertz CT molecular complexity index is 629. The molecule has 0 radical (unpaired) electrons. The molecule has 24 heavy (non-hydrogen) atoms. The van der Waals surface area contributed by atoms with Gasteiger partial charge in [0.2, 0.25) is 0 Å². The number of hydrogen-bond acceptors (Lipinski definition) is 3. The second-order valence-electron chi connectivity index (χ2n) is 10.2. The minimum Gasteiger partial charge on any atom is -0.413 e. The van der Waals surface area contributed by atoms with Crippen LogP contribution in [0.5, 0.6) is 0 Å². The van der Waals surface area contributed by atoms with Crippen molar-refractivity contribution in [2.45, 2.75) is 95.6 Å². The Morgan fingerprint density at radius 2 is 1.88 bits per heavy atom. The van der Waals surface area contributed by atoms with Crippen LogP contribution in [0.4, 0.5) is 0 Å². The minimum atomic E-state index is -1.90. The molecular formula is C20H32O3Si. The van der Waals surface area contributed by atoms with Gasteiger partial charge in [-0.25, -0.2) is 0 Å². The van der Waals surface area contributed by atoms with Crippen molar-refractivity contribution >= 4 is 14.1 Å². The monoisotopic (exact) mass is 348 g/mol. The van der Waals surface area contributed by atoms with E-state index >= 15 is 0 Å². The zero-order chi connectivity index (χ0) is 17.5. The normalized spacial score (nSPS) is 41.8. The molecule has 1 spiro atoms. The first kappa shape index (κ1) is 17.0. The Kier molecular flexibility index (Phi) is 3.42. The van der Waals surface area contributed by atoms with Gasteiger partial charge < -0.3 is 9.53 Å². The van der Waals surface area contributed by atoms with E-state index in [2.05, 4.69) is 33.9 Å². The minimum absolute atomic E-state index is 0.101. The molecule has 0 aromatic carbocycles. The number of carbonyl (C=O) groups is 1. The molecule has 0 aromatic heterocycles. The lowest BCUT2D eigenvalue weighted by Crippen LogP contribution is -2.55. The van der Waals surface area contributed by atoms with E-state index in [1.54, 1.807) is 0 Å². The van der Waals surface area contributed by atoms with Crippen LogP contribution in [0.1, 0.15) is 65.7 Å². The highest BCUT2D eigenvalue weighted by Gasteiger charge is 2.69. The van der Waals surface area contributed by atoms with Gasteiger partial charge in [0.25, 0.3) is 0 Å². The fourth-order valence-electron chi connectivity index (χ4n) is 5.86. The van der Waals surface area contributed by atoms with E-state index in [1.807, 2.05) is 0 Å². The summed E-state index contributed by atoms with van der Waals surface area (Å²) in [5, 5.41) is 11.7. The summed E-state index contributed by atoms with van der Waals surface area (Å²) in [5.74, 6) is 0.747. The van der Waals surface area contributed by atoms with Crippen molar-refractivity contribution in [2.24, 2.45) is 11.3 Å². The number of aliphatic hydroxyl groups is 1. The Morgan fingerprint density at radius 3 is 2.54 bits per heavy atom. The van der Waals surface area contributed by atoms with Gasteiger partial charge in [0.1, 0.15) is 0 Å². The smallest absolute Gasteiger partial charge is 0.192 e. The Balaban J connectivity index is 1.78. The van der Waals surface area contributed by atoms with Crippen LogP contribution >= 0.6 is 0 Å². The maximum Gasteiger partial charge on any atom is 0.192 e. The lowest BCUT2D eigenvalue weighted by atomic mass is 9.62. The van der Waals surface area contributed by atoms with Gasteiger partial charge >= 0.3 is 0 Å². The molecule has 0 aromatic rings. The van der Waals surface area contributed by atoms with Gasteiger partial charge in [-0.1, -0.05) is 20.8 Å². The standard InChI is InChI=1S/C20H32O3Si/c1-18(2,3)24(4,5)23-16-8-10-19(22)9-7-14-15(21)12-13-6-11-20(16,19)17(13)14/h13,16,22H,6-12H2,1-5H3/t13-,16-,19-,20+/m1/s1. The van der Waals surface area contributed by atoms with E-state index in [9.17, 15) is 9.90 Å². The van der Waals surface area contributed by atoms with Crippen LogP contribution in [0.2, 0.25) is 18.1 Å². The molecule has 0 bridgehead atoms. The molecule has 0 aliphatic heterocycles. The van der Waals surface area contributed by atoms with Crippen LogP contribution in [-0.4, -0.2) is 30.9 Å². The highest BCUT2D eigenvalue weighted by molar-refractivity contribution is 6.74. The first-order chi connectivity index (χ1) is 11.0. The average Bonchev–Trinajstić information content (AvgIpc) is 3.06. The molecule has 134 valence electrons. The predicted molar refractivity (Wildman–Crippen MR) is 97.3 cm³/mol. The molecule has 4 atom stereocenters. The van der Waals surface area contributed by atoms with Gasteiger partial charge in [-0.15, -0.1) is 0 Å². The van der Waals surface area contributed by atoms with Gasteiger partial charge in [-0.3, -0.25) is 4.79 Å². The van der Waals surface area contributed by atoms with E-state index in [-0.39, 0.29) is 16.6 Å². The SMILES string of the molecule is CC(C)(C)[Si](C)(C)O[C@@H]1CC[C@]2(O)CCC3=C4[C@H](CC[C@@]412)CC3=O. The van der Waals surface area contributed by atoms with Crippen LogP contribution in [-0.2, 0) is 9.22 Å². The quantitative estimate of drug-likeness (QED) is 0.754. The number of ketones is 1. The highest BCUT2D eigenvalue weighted by atomic mass is 28.4. The zero-order valence-corrected chi connectivity index (χ0v) is 16.9. The van der Waals surface area contributed by atoms with Gasteiger partial charge in [0, 0.05) is 11.8 Å². The van der Waals surface area contributed by atoms with Crippen molar-refractivity contribution < 1.29 is 14.3 Å². The van der Waals surface area contributed by atoms with E-state index in [0.717, 1.165) is 44.1 Å². The molecule has 0 heterocycles. The maximum absolute atomic E-state index is 12.5. The summed E-state index contributed by atoms with van der Waals surface area (Å²) in [6.07, 6.45) is 6.19. The Hall–Kier alpha value is -0.453. The van der Waals surface area contributed by atoms with E-state index in [1.165, 1.54) is 5.57 Å². The van der Waals surface area contributed by atoms with Crippen LogP contribution in [0, 0.1) is 11.3 Å². The first-order valence-corrected chi connectivity index (χ1v) is 12.6. The second kappa shape index (κ2) is 4.83. The molecule has 3 nitrogen and oxygen atoms in total. The average molecular weight is 349 g/mol. The van der Waals surface area contributed by atoms with E-state index in [4.69, 9.17) is 4.43 Å². The summed E-state index contributed by atoms with van der Waals surface area (Å²) in [7, 11) is -1.90. The topological polar surface area (TPSA) is 46.5 Å². The summed E-state index contributed by atoms with van der Waals surface area (Å²) < 4.78 is 6.90. The molecule has 4 heteroatoms. The number of Topliss-reactive ketones (excluding diaryl/α,β-unsaturated/α-hetero) is 1. The third-order valence-electron chi connectivity index (χ3n) is 8.10. The predicted octanol–water partition coefficient (Wildman–Crippen LogP) is 4.36. The molecule has 4 rings (SSSR count). The summed E-state index contributed by atoms with van der Waals surface area (Å²) in [5.41, 5.74) is 1.51. The van der Waals surface area contributed by atoms with E-state index in [0.29, 0.717) is 18.1 Å². The first-order valence-electron chi connectivity index (χ1n) is 9.69. The van der Waals surface area contributed by atoms with Gasteiger partial charge in [0.05, 0.1) is 11.7 Å². The highest BCUT2D eigenvalue weighted by Crippen LogP contribution is 2.69. The second-order valence-corrected chi connectivity index (χ2v) is 14.9.